The number of hydrogen-bond acceptors (Lipinski definition) is 6. The average Bonchev–Trinajstić information content (AvgIpc) is 3.49. The van der Waals surface area contributed by atoms with Crippen LogP contribution < -0.4 is 10.1 Å². The van der Waals surface area contributed by atoms with Gasteiger partial charge in [0.2, 0.25) is 11.7 Å². The van der Waals surface area contributed by atoms with E-state index in [2.05, 4.69) is 20.2 Å². The molecule has 2 aromatic carbocycles. The number of amides is 1. The van der Waals surface area contributed by atoms with Gasteiger partial charge in [-0.05, 0) is 37.3 Å². The second-order valence-corrected chi connectivity index (χ2v) is 8.19. The maximum absolute atomic E-state index is 13.6. The molecule has 202 valence electrons. The third-order valence-electron chi connectivity index (χ3n) is 5.53. The number of aliphatic hydroxyl groups excluding tert-OH is 1. The van der Waals surface area contributed by atoms with Crippen molar-refractivity contribution in [2.24, 2.45) is 0 Å². The van der Waals surface area contributed by atoms with Gasteiger partial charge in [0.15, 0.2) is 6.10 Å². The number of nitrogens with zero attached hydrogens (tertiary/aromatic N) is 3. The molecule has 8 nitrogen and oxygen atoms in total. The molecular weight excluding hydrogens is 522 g/mol. The van der Waals surface area contributed by atoms with Crippen molar-refractivity contribution in [1.82, 2.24) is 20.0 Å². The van der Waals surface area contributed by atoms with Crippen LogP contribution >= 0.6 is 0 Å². The standard InChI is InChI=1S/C24H20F6N4O4/c1-13(23(25,26)27)37-19-6-5-14(11-17(19)24(28,29)30)22-32-21(33-38-22)16-3-2-4-18-15(16)7-9-34(18)12-20(36)31-8-10-35/h2-7,9,11,13,35H,8,10,12H2,1H3,(H,31,36). The number of fused-ring (bicyclic) bond motifs is 1. The van der Waals surface area contributed by atoms with Crippen LogP contribution in [0.3, 0.4) is 0 Å². The quantitative estimate of drug-likeness (QED) is 0.310. The van der Waals surface area contributed by atoms with E-state index in [0.717, 1.165) is 12.1 Å². The van der Waals surface area contributed by atoms with Crippen molar-refractivity contribution in [3.63, 3.8) is 0 Å². The summed E-state index contributed by atoms with van der Waals surface area (Å²) in [4.78, 5) is 16.2. The molecule has 0 fully saturated rings. The number of hydrogen-bond donors (Lipinski definition) is 2. The molecule has 1 amide bonds. The number of rotatable bonds is 8. The van der Waals surface area contributed by atoms with Gasteiger partial charge in [0.25, 0.3) is 5.89 Å². The topological polar surface area (TPSA) is 102 Å². The smallest absolute Gasteiger partial charge is 0.425 e. The highest BCUT2D eigenvalue weighted by atomic mass is 19.4. The molecule has 0 radical (unpaired) electrons. The van der Waals surface area contributed by atoms with Crippen LogP contribution in [0.25, 0.3) is 33.7 Å². The number of carbonyl (C=O) groups is 1. The molecule has 0 aliphatic carbocycles. The number of aliphatic hydroxyl groups is 1. The first-order valence-corrected chi connectivity index (χ1v) is 11.1. The number of nitrogens with one attached hydrogen (secondary N) is 1. The van der Waals surface area contributed by atoms with E-state index in [1.54, 1.807) is 35.0 Å². The molecular formula is C24H20F6N4O4. The predicted octanol–water partition coefficient (Wildman–Crippen LogP) is 4.82. The Morgan fingerprint density at radius 2 is 1.92 bits per heavy atom. The number of benzene rings is 2. The fraction of sp³-hybridized carbons (Fsp3) is 0.292. The summed E-state index contributed by atoms with van der Waals surface area (Å²) in [7, 11) is 0. The molecule has 0 aliphatic rings. The molecule has 0 bridgehead atoms. The first-order chi connectivity index (χ1) is 17.9. The maximum atomic E-state index is 13.6. The molecule has 0 saturated carbocycles. The van der Waals surface area contributed by atoms with Gasteiger partial charge < -0.3 is 24.3 Å². The molecule has 4 aromatic rings. The van der Waals surface area contributed by atoms with Gasteiger partial charge in [-0.3, -0.25) is 4.79 Å². The highest BCUT2D eigenvalue weighted by molar-refractivity contribution is 5.94. The molecule has 2 aromatic heterocycles. The molecule has 14 heteroatoms. The summed E-state index contributed by atoms with van der Waals surface area (Å²) in [6.45, 7) is 0.495. The third kappa shape index (κ3) is 5.74. The van der Waals surface area contributed by atoms with E-state index in [9.17, 15) is 31.1 Å². The molecule has 0 spiro atoms. The van der Waals surface area contributed by atoms with Crippen LogP contribution in [0.5, 0.6) is 5.75 Å². The van der Waals surface area contributed by atoms with Crippen LogP contribution in [0.4, 0.5) is 26.3 Å². The first-order valence-electron chi connectivity index (χ1n) is 11.1. The SMILES string of the molecule is CC(Oc1ccc(-c2nc(-c3cccc4c3ccn4CC(=O)NCCO)no2)cc1C(F)(F)F)C(F)(F)F. The summed E-state index contributed by atoms with van der Waals surface area (Å²) < 4.78 is 90.7. The second-order valence-electron chi connectivity index (χ2n) is 8.19. The van der Waals surface area contributed by atoms with E-state index in [-0.39, 0.29) is 42.9 Å². The third-order valence-corrected chi connectivity index (χ3v) is 5.53. The summed E-state index contributed by atoms with van der Waals surface area (Å²) in [5.74, 6) is -1.55. The van der Waals surface area contributed by atoms with E-state index < -0.39 is 29.8 Å². The Morgan fingerprint density at radius 1 is 1.16 bits per heavy atom. The van der Waals surface area contributed by atoms with Gasteiger partial charge in [0.1, 0.15) is 12.3 Å². The Labute approximate surface area is 210 Å². The van der Waals surface area contributed by atoms with Gasteiger partial charge in [-0.2, -0.15) is 31.3 Å². The molecule has 1 unspecified atom stereocenters. The van der Waals surface area contributed by atoms with Crippen LogP contribution in [0.2, 0.25) is 0 Å². The highest BCUT2D eigenvalue weighted by Gasteiger charge is 2.41. The van der Waals surface area contributed by atoms with E-state index in [4.69, 9.17) is 9.63 Å². The second kappa shape index (κ2) is 10.4. The molecule has 38 heavy (non-hydrogen) atoms. The maximum Gasteiger partial charge on any atom is 0.425 e. The summed E-state index contributed by atoms with van der Waals surface area (Å²) in [5.41, 5.74) is -0.479. The number of aromatic nitrogens is 3. The number of alkyl halides is 6. The number of carbonyl (C=O) groups excluding carboxylic acids is 1. The van der Waals surface area contributed by atoms with Gasteiger partial charge in [0, 0.05) is 34.8 Å². The first kappa shape index (κ1) is 27.0. The van der Waals surface area contributed by atoms with Crippen LogP contribution in [0.15, 0.2) is 53.2 Å². The van der Waals surface area contributed by atoms with Crippen LogP contribution in [0.1, 0.15) is 12.5 Å². The zero-order valence-electron chi connectivity index (χ0n) is 19.6. The molecule has 2 heterocycles. The van der Waals surface area contributed by atoms with Crippen LogP contribution in [0, 0.1) is 0 Å². The number of halogens is 6. The van der Waals surface area contributed by atoms with E-state index in [1.807, 2.05) is 0 Å². The van der Waals surface area contributed by atoms with Crippen molar-refractivity contribution in [2.45, 2.75) is 31.9 Å². The summed E-state index contributed by atoms with van der Waals surface area (Å²) in [5, 5.41) is 15.9. The summed E-state index contributed by atoms with van der Waals surface area (Å²) in [6.07, 6.45) is -10.7. The van der Waals surface area contributed by atoms with Gasteiger partial charge >= 0.3 is 12.4 Å². The minimum Gasteiger partial charge on any atom is -0.481 e. The monoisotopic (exact) mass is 542 g/mol. The lowest BCUT2D eigenvalue weighted by Gasteiger charge is -2.20. The van der Waals surface area contributed by atoms with Gasteiger partial charge in [0.05, 0.1) is 12.2 Å². The lowest BCUT2D eigenvalue weighted by molar-refractivity contribution is -0.191. The van der Waals surface area contributed by atoms with Crippen LogP contribution in [-0.2, 0) is 17.5 Å². The van der Waals surface area contributed by atoms with Crippen molar-refractivity contribution in [2.75, 3.05) is 13.2 Å². The fourth-order valence-electron chi connectivity index (χ4n) is 3.66. The van der Waals surface area contributed by atoms with E-state index in [0.29, 0.717) is 29.5 Å². The van der Waals surface area contributed by atoms with Crippen molar-refractivity contribution in [1.29, 1.82) is 0 Å². The fourth-order valence-corrected chi connectivity index (χ4v) is 3.66. The lowest BCUT2D eigenvalue weighted by Crippen LogP contribution is -2.31. The van der Waals surface area contributed by atoms with Gasteiger partial charge in [-0.15, -0.1) is 0 Å². The zero-order valence-corrected chi connectivity index (χ0v) is 19.6. The van der Waals surface area contributed by atoms with Crippen molar-refractivity contribution in [3.8, 4) is 28.6 Å². The Morgan fingerprint density at radius 3 is 2.61 bits per heavy atom. The van der Waals surface area contributed by atoms with E-state index >= 15 is 0 Å². The molecule has 2 N–H and O–H groups in total. The molecule has 0 aliphatic heterocycles. The van der Waals surface area contributed by atoms with E-state index in [1.165, 1.54) is 0 Å². The molecule has 0 saturated heterocycles. The predicted molar refractivity (Wildman–Crippen MR) is 122 cm³/mol. The van der Waals surface area contributed by atoms with Crippen molar-refractivity contribution >= 4 is 16.8 Å². The minimum atomic E-state index is -5.02. The Balaban J connectivity index is 1.65. The minimum absolute atomic E-state index is 0.0218. The van der Waals surface area contributed by atoms with Gasteiger partial charge in [-0.1, -0.05) is 17.3 Å². The average molecular weight is 542 g/mol. The van der Waals surface area contributed by atoms with Crippen molar-refractivity contribution < 1.29 is 45.5 Å². The summed E-state index contributed by atoms with van der Waals surface area (Å²) in [6, 6.07) is 9.22. The van der Waals surface area contributed by atoms with Crippen LogP contribution in [-0.4, -0.2) is 51.2 Å². The zero-order chi connectivity index (χ0) is 27.7. The number of ether oxygens (including phenoxy) is 1. The summed E-state index contributed by atoms with van der Waals surface area (Å²) >= 11 is 0. The highest BCUT2D eigenvalue weighted by Crippen LogP contribution is 2.40. The Kier molecular flexibility index (Phi) is 7.35. The Bertz CT molecular complexity index is 1440. The van der Waals surface area contributed by atoms with Gasteiger partial charge in [-0.25, -0.2) is 0 Å². The Hall–Kier alpha value is -4.07. The normalized spacial score (nSPS) is 13.1. The lowest BCUT2D eigenvalue weighted by atomic mass is 10.1. The molecule has 1 atom stereocenters. The molecule has 4 rings (SSSR count). The largest absolute Gasteiger partial charge is 0.481 e. The van der Waals surface area contributed by atoms with Crippen molar-refractivity contribution in [3.05, 3.63) is 54.2 Å².